The molecule has 0 amide bonds. The van der Waals surface area contributed by atoms with Crippen LogP contribution in [0.1, 0.15) is 13.8 Å². The smallest absolute Gasteiger partial charge is 0.114 e. The van der Waals surface area contributed by atoms with E-state index in [1.54, 1.807) is 24.3 Å². The molecule has 1 unspecified atom stereocenters. The third-order valence-corrected chi connectivity index (χ3v) is 2.28. The quantitative estimate of drug-likeness (QED) is 0.758. The summed E-state index contributed by atoms with van der Waals surface area (Å²) >= 11 is 0. The summed E-state index contributed by atoms with van der Waals surface area (Å²) in [7, 11) is 0. The van der Waals surface area contributed by atoms with Crippen molar-refractivity contribution in [1.29, 1.82) is 5.26 Å². The molecular formula is C11H14ClN3O. The fourth-order valence-electron chi connectivity index (χ4n) is 1.45. The number of halogens is 1. The van der Waals surface area contributed by atoms with Gasteiger partial charge in [-0.2, -0.15) is 5.26 Å². The molecule has 1 aromatic rings. The van der Waals surface area contributed by atoms with Gasteiger partial charge >= 0.3 is 0 Å². The van der Waals surface area contributed by atoms with Crippen LogP contribution in [-0.4, -0.2) is 12.6 Å². The van der Waals surface area contributed by atoms with Crippen LogP contribution in [0.25, 0.3) is 0 Å². The van der Waals surface area contributed by atoms with Crippen molar-refractivity contribution in [2.75, 3.05) is 11.4 Å². The van der Waals surface area contributed by atoms with Gasteiger partial charge in [0, 0.05) is 12.2 Å². The van der Waals surface area contributed by atoms with Gasteiger partial charge < -0.3 is 4.90 Å². The van der Waals surface area contributed by atoms with Crippen LogP contribution < -0.4 is 4.90 Å². The number of nitroso groups, excluding NO2 is 1. The van der Waals surface area contributed by atoms with E-state index in [1.807, 2.05) is 18.7 Å². The van der Waals surface area contributed by atoms with Gasteiger partial charge in [0.25, 0.3) is 0 Å². The lowest BCUT2D eigenvalue weighted by molar-refractivity contribution is 0.768. The highest BCUT2D eigenvalue weighted by Crippen LogP contribution is 2.20. The molecule has 0 heterocycles. The largest absolute Gasteiger partial charge is 0.356 e. The standard InChI is InChI=1S/C11H13N3O.ClH/c1-3-14(9(2)8-12)11-6-4-10(13-15)5-7-11;/h4-7,9H,3H2,1-2H3;1H. The van der Waals surface area contributed by atoms with Gasteiger partial charge in [0.1, 0.15) is 11.7 Å². The first-order valence-electron chi connectivity index (χ1n) is 4.82. The molecule has 0 aromatic heterocycles. The molecule has 0 bridgehead atoms. The lowest BCUT2D eigenvalue weighted by atomic mass is 10.2. The Morgan fingerprint density at radius 3 is 2.38 bits per heavy atom. The van der Waals surface area contributed by atoms with Crippen molar-refractivity contribution in [3.05, 3.63) is 29.2 Å². The van der Waals surface area contributed by atoms with Crippen LogP contribution in [0.3, 0.4) is 0 Å². The zero-order chi connectivity index (χ0) is 11.3. The Bertz CT molecular complexity index is 372. The lowest BCUT2D eigenvalue weighted by Crippen LogP contribution is -2.31. The molecule has 0 aliphatic rings. The van der Waals surface area contributed by atoms with E-state index in [-0.39, 0.29) is 18.4 Å². The number of hydrogen-bond donors (Lipinski definition) is 0. The first kappa shape index (κ1) is 14.4. The number of benzene rings is 1. The Morgan fingerprint density at radius 2 is 2.00 bits per heavy atom. The molecule has 0 saturated carbocycles. The molecule has 0 aliphatic carbocycles. The number of anilines is 1. The second-order valence-electron chi connectivity index (χ2n) is 3.20. The summed E-state index contributed by atoms with van der Waals surface area (Å²) in [5.41, 5.74) is 1.33. The van der Waals surface area contributed by atoms with Gasteiger partial charge in [0.15, 0.2) is 0 Å². The minimum atomic E-state index is -0.176. The van der Waals surface area contributed by atoms with Crippen molar-refractivity contribution in [3.63, 3.8) is 0 Å². The van der Waals surface area contributed by atoms with E-state index in [2.05, 4.69) is 11.2 Å². The number of nitrogens with zero attached hydrogens (tertiary/aromatic N) is 3. The van der Waals surface area contributed by atoms with Gasteiger partial charge in [-0.15, -0.1) is 17.3 Å². The molecule has 0 N–H and O–H groups in total. The van der Waals surface area contributed by atoms with Gasteiger partial charge in [0.05, 0.1) is 6.07 Å². The fraction of sp³-hybridized carbons (Fsp3) is 0.364. The fourth-order valence-corrected chi connectivity index (χ4v) is 1.45. The van der Waals surface area contributed by atoms with E-state index in [9.17, 15) is 4.91 Å². The molecule has 0 saturated heterocycles. The van der Waals surface area contributed by atoms with Crippen LogP contribution in [0.5, 0.6) is 0 Å². The summed E-state index contributed by atoms with van der Waals surface area (Å²) in [6.07, 6.45) is 0. The Labute approximate surface area is 101 Å². The predicted molar refractivity (Wildman–Crippen MR) is 67.2 cm³/mol. The molecule has 1 aromatic carbocycles. The highest BCUT2D eigenvalue weighted by molar-refractivity contribution is 5.85. The van der Waals surface area contributed by atoms with Gasteiger partial charge in [-0.25, -0.2) is 0 Å². The summed E-state index contributed by atoms with van der Waals surface area (Å²) in [6, 6.07) is 8.90. The highest BCUT2D eigenvalue weighted by atomic mass is 35.5. The number of nitriles is 1. The maximum Gasteiger partial charge on any atom is 0.114 e. The molecule has 0 fully saturated rings. The van der Waals surface area contributed by atoms with Crippen LogP contribution in [0.4, 0.5) is 11.4 Å². The first-order chi connectivity index (χ1) is 7.22. The Kier molecular flexibility index (Phi) is 6.12. The topological polar surface area (TPSA) is 56.5 Å². The molecule has 16 heavy (non-hydrogen) atoms. The molecule has 86 valence electrons. The van der Waals surface area contributed by atoms with E-state index in [4.69, 9.17) is 5.26 Å². The van der Waals surface area contributed by atoms with Crippen molar-refractivity contribution in [2.45, 2.75) is 19.9 Å². The van der Waals surface area contributed by atoms with Crippen LogP contribution in [-0.2, 0) is 0 Å². The molecule has 1 atom stereocenters. The molecule has 4 nitrogen and oxygen atoms in total. The monoisotopic (exact) mass is 239 g/mol. The molecule has 5 heteroatoms. The van der Waals surface area contributed by atoms with Crippen molar-refractivity contribution in [3.8, 4) is 6.07 Å². The Morgan fingerprint density at radius 1 is 1.44 bits per heavy atom. The van der Waals surface area contributed by atoms with E-state index in [1.165, 1.54) is 0 Å². The minimum Gasteiger partial charge on any atom is -0.356 e. The van der Waals surface area contributed by atoms with Gasteiger partial charge in [-0.05, 0) is 43.3 Å². The zero-order valence-corrected chi connectivity index (χ0v) is 10.1. The van der Waals surface area contributed by atoms with Crippen molar-refractivity contribution < 1.29 is 0 Å². The summed E-state index contributed by atoms with van der Waals surface area (Å²) in [4.78, 5) is 12.2. The second kappa shape index (κ2) is 6.81. The third kappa shape index (κ3) is 3.21. The number of rotatable bonds is 4. The normalized spacial score (nSPS) is 10.8. The maximum atomic E-state index is 10.2. The highest BCUT2D eigenvalue weighted by Gasteiger charge is 2.11. The molecular weight excluding hydrogens is 226 g/mol. The van der Waals surface area contributed by atoms with E-state index in [0.717, 1.165) is 12.2 Å². The average Bonchev–Trinajstić information content (AvgIpc) is 2.30. The lowest BCUT2D eigenvalue weighted by Gasteiger charge is -2.25. The molecule has 1 rings (SSSR count). The summed E-state index contributed by atoms with van der Waals surface area (Å²) in [5.74, 6) is 0. The molecule has 0 aliphatic heterocycles. The van der Waals surface area contributed by atoms with Gasteiger partial charge in [-0.1, -0.05) is 0 Å². The summed E-state index contributed by atoms with van der Waals surface area (Å²) < 4.78 is 0. The van der Waals surface area contributed by atoms with Crippen LogP contribution >= 0.6 is 12.4 Å². The van der Waals surface area contributed by atoms with Crippen LogP contribution in [0.15, 0.2) is 29.4 Å². The van der Waals surface area contributed by atoms with E-state index >= 15 is 0 Å². The average molecular weight is 240 g/mol. The van der Waals surface area contributed by atoms with Gasteiger partial charge in [-0.3, -0.25) is 0 Å². The van der Waals surface area contributed by atoms with Crippen molar-refractivity contribution in [1.82, 2.24) is 0 Å². The van der Waals surface area contributed by atoms with Crippen LogP contribution in [0.2, 0.25) is 0 Å². The minimum absolute atomic E-state index is 0. The third-order valence-electron chi connectivity index (χ3n) is 2.28. The predicted octanol–water partition coefficient (Wildman–Crippen LogP) is 3.24. The molecule has 0 radical (unpaired) electrons. The zero-order valence-electron chi connectivity index (χ0n) is 9.25. The Balaban J connectivity index is 0.00000225. The van der Waals surface area contributed by atoms with Crippen molar-refractivity contribution >= 4 is 23.8 Å². The van der Waals surface area contributed by atoms with E-state index in [0.29, 0.717) is 5.69 Å². The van der Waals surface area contributed by atoms with Crippen molar-refractivity contribution in [2.24, 2.45) is 5.18 Å². The molecule has 0 spiro atoms. The first-order valence-corrected chi connectivity index (χ1v) is 4.82. The number of hydrogen-bond acceptors (Lipinski definition) is 4. The van der Waals surface area contributed by atoms with E-state index < -0.39 is 0 Å². The summed E-state index contributed by atoms with van der Waals surface area (Å²) in [6.45, 7) is 4.58. The van der Waals surface area contributed by atoms with Gasteiger partial charge in [0.2, 0.25) is 0 Å². The summed E-state index contributed by atoms with van der Waals surface area (Å²) in [5, 5.41) is 11.7. The van der Waals surface area contributed by atoms with Crippen LogP contribution in [0, 0.1) is 16.2 Å². The second-order valence-corrected chi connectivity index (χ2v) is 3.20. The maximum absolute atomic E-state index is 10.2. The Hall–Kier alpha value is -1.60. The SMILES string of the molecule is CCN(c1ccc(N=O)cc1)C(C)C#N.Cl.